The monoisotopic (exact) mass is 376 g/mol. The smallest absolute Gasteiger partial charge is 0.211 e. The van der Waals surface area contributed by atoms with Crippen molar-refractivity contribution in [2.45, 2.75) is 13.3 Å². The zero-order valence-electron chi connectivity index (χ0n) is 9.86. The van der Waals surface area contributed by atoms with Gasteiger partial charge in [0.25, 0.3) is 0 Å². The number of hydrogen-bond donors (Lipinski definition) is 2. The summed E-state index contributed by atoms with van der Waals surface area (Å²) in [4.78, 5) is 0. The first kappa shape index (κ1) is 15.0. The minimum absolute atomic E-state index is 0.0867. The summed E-state index contributed by atoms with van der Waals surface area (Å²) in [6.45, 7) is 2.67. The normalized spacial score (nSPS) is 10.6. The maximum Gasteiger partial charge on any atom is 0.211 e. The molecule has 0 fully saturated rings. The number of hydrogen-bond acceptors (Lipinski definition) is 3. The van der Waals surface area contributed by atoms with Gasteiger partial charge in [-0.25, -0.2) is 0 Å². The van der Waals surface area contributed by atoms with Gasteiger partial charge >= 0.3 is 0 Å². The predicted octanol–water partition coefficient (Wildman–Crippen LogP) is 2.61. The highest BCUT2D eigenvalue weighted by Crippen LogP contribution is 2.32. The first-order valence-corrected chi connectivity index (χ1v) is 6.87. The molecule has 5 nitrogen and oxygen atoms in total. The highest BCUT2D eigenvalue weighted by Gasteiger charge is 2.08. The summed E-state index contributed by atoms with van der Waals surface area (Å²) in [6, 6.07) is 3.78. The highest BCUT2D eigenvalue weighted by molar-refractivity contribution is 9.11. The molecule has 0 spiro atoms. The van der Waals surface area contributed by atoms with Crippen molar-refractivity contribution < 1.29 is 4.74 Å². The molecule has 1 aromatic rings. The van der Waals surface area contributed by atoms with E-state index in [0.29, 0.717) is 6.61 Å². The molecule has 18 heavy (non-hydrogen) atoms. The van der Waals surface area contributed by atoms with Crippen LogP contribution >= 0.6 is 31.9 Å². The standard InChI is InChI=1S/C11H14Br2N4O/c1-2-3-18-10-7(6-16-17-11(14)15)4-8(12)5-9(10)13/h4-6H,2-3H2,1H3,(H4,14,15,17)/b16-6+. The molecule has 1 rings (SSSR count). The second kappa shape index (κ2) is 7.38. The summed E-state index contributed by atoms with van der Waals surface area (Å²) in [5, 5.41) is 7.34. The molecule has 4 N–H and O–H groups in total. The lowest BCUT2D eigenvalue weighted by molar-refractivity contribution is 0.315. The molecule has 0 radical (unpaired) electrons. The van der Waals surface area contributed by atoms with Crippen LogP contribution in [0.1, 0.15) is 18.9 Å². The molecule has 0 amide bonds. The Morgan fingerprint density at radius 1 is 1.39 bits per heavy atom. The second-order valence-corrected chi connectivity index (χ2v) is 5.19. The summed E-state index contributed by atoms with van der Waals surface area (Å²) in [7, 11) is 0. The Bertz CT molecular complexity index is 470. The fourth-order valence-corrected chi connectivity index (χ4v) is 2.56. The third kappa shape index (κ3) is 4.66. The van der Waals surface area contributed by atoms with Crippen molar-refractivity contribution in [2.24, 2.45) is 21.7 Å². The first-order chi connectivity index (χ1) is 8.54. The quantitative estimate of drug-likeness (QED) is 0.469. The number of ether oxygens (including phenoxy) is 1. The van der Waals surface area contributed by atoms with Crippen LogP contribution in [0.5, 0.6) is 5.75 Å². The molecule has 7 heteroatoms. The number of nitrogens with two attached hydrogens (primary N) is 2. The lowest BCUT2D eigenvalue weighted by Crippen LogP contribution is -2.21. The molecule has 0 unspecified atom stereocenters. The maximum atomic E-state index is 5.66. The van der Waals surface area contributed by atoms with E-state index < -0.39 is 0 Å². The van der Waals surface area contributed by atoms with Gasteiger partial charge in [-0.15, -0.1) is 5.10 Å². The van der Waals surface area contributed by atoms with Gasteiger partial charge in [0, 0.05) is 10.0 Å². The Morgan fingerprint density at radius 2 is 2.11 bits per heavy atom. The lowest BCUT2D eigenvalue weighted by Gasteiger charge is -2.10. The van der Waals surface area contributed by atoms with Crippen LogP contribution in [-0.4, -0.2) is 18.8 Å². The molecule has 0 saturated carbocycles. The second-order valence-electron chi connectivity index (χ2n) is 3.42. The molecule has 0 heterocycles. The molecule has 0 saturated heterocycles. The van der Waals surface area contributed by atoms with Crippen molar-refractivity contribution in [3.63, 3.8) is 0 Å². The van der Waals surface area contributed by atoms with Crippen LogP contribution in [0.2, 0.25) is 0 Å². The van der Waals surface area contributed by atoms with Crippen molar-refractivity contribution in [2.75, 3.05) is 6.61 Å². The molecule has 0 aliphatic carbocycles. The first-order valence-electron chi connectivity index (χ1n) is 5.28. The number of benzene rings is 1. The van der Waals surface area contributed by atoms with E-state index in [2.05, 4.69) is 42.1 Å². The third-order valence-corrected chi connectivity index (χ3v) is 2.90. The fraction of sp³-hybridized carbons (Fsp3) is 0.273. The molecule has 0 aromatic heterocycles. The Kier molecular flexibility index (Phi) is 6.14. The van der Waals surface area contributed by atoms with Gasteiger partial charge in [-0.3, -0.25) is 0 Å². The minimum atomic E-state index is -0.0867. The molecule has 0 atom stereocenters. The molecule has 0 aliphatic heterocycles. The number of rotatable bonds is 5. The maximum absolute atomic E-state index is 5.66. The number of halogens is 2. The van der Waals surface area contributed by atoms with Gasteiger partial charge in [0.2, 0.25) is 5.96 Å². The van der Waals surface area contributed by atoms with E-state index in [-0.39, 0.29) is 5.96 Å². The van der Waals surface area contributed by atoms with E-state index in [0.717, 1.165) is 26.7 Å². The molecule has 0 bridgehead atoms. The van der Waals surface area contributed by atoms with Gasteiger partial charge in [0.1, 0.15) is 5.75 Å². The van der Waals surface area contributed by atoms with Crippen LogP contribution in [-0.2, 0) is 0 Å². The van der Waals surface area contributed by atoms with Crippen molar-refractivity contribution in [1.82, 2.24) is 0 Å². The molecular formula is C11H14Br2N4O. The van der Waals surface area contributed by atoms with Crippen molar-refractivity contribution >= 4 is 44.0 Å². The summed E-state index contributed by atoms with van der Waals surface area (Å²) < 4.78 is 7.41. The summed E-state index contributed by atoms with van der Waals surface area (Å²) in [5.41, 5.74) is 11.2. The van der Waals surface area contributed by atoms with E-state index in [1.165, 1.54) is 0 Å². The average Bonchev–Trinajstić information content (AvgIpc) is 2.27. The van der Waals surface area contributed by atoms with Gasteiger partial charge in [-0.2, -0.15) is 5.10 Å². The molecule has 1 aromatic carbocycles. The molecule has 0 aliphatic rings. The topological polar surface area (TPSA) is 86.0 Å². The van der Waals surface area contributed by atoms with Gasteiger partial charge in [-0.05, 0) is 34.5 Å². The van der Waals surface area contributed by atoms with Crippen LogP contribution in [0.25, 0.3) is 0 Å². The largest absolute Gasteiger partial charge is 0.492 e. The van der Waals surface area contributed by atoms with Crippen LogP contribution in [0, 0.1) is 0 Å². The Labute approximate surface area is 123 Å². The van der Waals surface area contributed by atoms with Gasteiger partial charge in [-0.1, -0.05) is 22.9 Å². The average molecular weight is 378 g/mol. The Morgan fingerprint density at radius 3 is 2.72 bits per heavy atom. The van der Waals surface area contributed by atoms with E-state index in [9.17, 15) is 0 Å². The van der Waals surface area contributed by atoms with Crippen LogP contribution in [0.3, 0.4) is 0 Å². The van der Waals surface area contributed by atoms with Crippen molar-refractivity contribution in [3.8, 4) is 5.75 Å². The number of guanidine groups is 1. The zero-order chi connectivity index (χ0) is 13.5. The summed E-state index contributed by atoms with van der Waals surface area (Å²) in [5.74, 6) is 0.630. The number of nitrogens with zero attached hydrogens (tertiary/aromatic N) is 2. The van der Waals surface area contributed by atoms with Crippen LogP contribution in [0.4, 0.5) is 0 Å². The predicted molar refractivity (Wildman–Crippen MR) is 81.0 cm³/mol. The van der Waals surface area contributed by atoms with Crippen LogP contribution < -0.4 is 16.2 Å². The van der Waals surface area contributed by atoms with Gasteiger partial charge < -0.3 is 16.2 Å². The minimum Gasteiger partial charge on any atom is -0.492 e. The van der Waals surface area contributed by atoms with E-state index in [1.807, 2.05) is 19.1 Å². The molecular weight excluding hydrogens is 364 g/mol. The Hall–Kier alpha value is -1.08. The van der Waals surface area contributed by atoms with Crippen LogP contribution in [0.15, 0.2) is 31.3 Å². The van der Waals surface area contributed by atoms with Crippen molar-refractivity contribution in [1.29, 1.82) is 0 Å². The SMILES string of the molecule is CCCOc1c(Br)cc(Br)cc1/C=N/N=C(N)N. The lowest BCUT2D eigenvalue weighted by atomic mass is 10.2. The van der Waals surface area contributed by atoms with E-state index in [4.69, 9.17) is 16.2 Å². The van der Waals surface area contributed by atoms with Gasteiger partial charge in [0.05, 0.1) is 17.3 Å². The zero-order valence-corrected chi connectivity index (χ0v) is 13.0. The fourth-order valence-electron chi connectivity index (χ4n) is 1.19. The molecule has 98 valence electrons. The summed E-state index contributed by atoms with van der Waals surface area (Å²) in [6.07, 6.45) is 2.47. The highest BCUT2D eigenvalue weighted by atomic mass is 79.9. The summed E-state index contributed by atoms with van der Waals surface area (Å²) >= 11 is 6.85. The van der Waals surface area contributed by atoms with Crippen molar-refractivity contribution in [3.05, 3.63) is 26.6 Å². The Balaban J connectivity index is 3.06. The van der Waals surface area contributed by atoms with E-state index >= 15 is 0 Å². The van der Waals surface area contributed by atoms with E-state index in [1.54, 1.807) is 6.21 Å². The third-order valence-electron chi connectivity index (χ3n) is 1.86. The van der Waals surface area contributed by atoms with Gasteiger partial charge in [0.15, 0.2) is 0 Å².